The molecule has 0 unspecified atom stereocenters. The molecule has 3 rings (SSSR count). The van der Waals surface area contributed by atoms with Gasteiger partial charge >= 0.3 is 0 Å². The maximum absolute atomic E-state index is 12.9. The lowest BCUT2D eigenvalue weighted by Gasteiger charge is -2.29. The average molecular weight is 384 g/mol. The van der Waals surface area contributed by atoms with Crippen LogP contribution in [0.15, 0.2) is 60.7 Å². The highest BCUT2D eigenvalue weighted by Crippen LogP contribution is 2.29. The quantitative estimate of drug-likeness (QED) is 0.369. The fourth-order valence-electron chi connectivity index (χ4n) is 3.48. The predicted octanol–water partition coefficient (Wildman–Crippen LogP) is -2.52. The highest BCUT2D eigenvalue weighted by Gasteiger charge is 2.40. The maximum Gasteiger partial charge on any atom is 0.293 e. The van der Waals surface area contributed by atoms with Crippen LogP contribution in [0, 0.1) is 0 Å². The molecule has 7 heteroatoms. The molecular weight excluding hydrogens is 356 g/mol. The number of rotatable bonds is 5. The molecule has 0 radical (unpaired) electrons. The van der Waals surface area contributed by atoms with Gasteiger partial charge in [-0.15, -0.1) is 0 Å². The van der Waals surface area contributed by atoms with E-state index < -0.39 is 11.5 Å². The largest absolute Gasteiger partial charge is 0.372 e. The van der Waals surface area contributed by atoms with Crippen molar-refractivity contribution in [3.05, 3.63) is 71.8 Å². The van der Waals surface area contributed by atoms with Crippen LogP contribution < -0.4 is 20.7 Å². The summed E-state index contributed by atoms with van der Waals surface area (Å²) in [4.78, 5) is 27.8. The summed E-state index contributed by atoms with van der Waals surface area (Å²) in [5, 5.41) is 11.3. The van der Waals surface area contributed by atoms with Crippen LogP contribution in [-0.2, 0) is 15.2 Å². The molecule has 5 N–H and O–H groups in total. The molecule has 1 aliphatic rings. The Bertz CT molecular complexity index is 750. The first-order chi connectivity index (χ1) is 13.5. The molecule has 1 saturated heterocycles. The van der Waals surface area contributed by atoms with Crippen LogP contribution in [0.1, 0.15) is 11.1 Å². The molecule has 0 spiro atoms. The molecule has 1 heterocycles. The molecule has 148 valence electrons. The van der Waals surface area contributed by atoms with E-state index in [1.54, 1.807) is 48.5 Å². The van der Waals surface area contributed by atoms with Crippen LogP contribution in [0.3, 0.4) is 0 Å². The molecule has 2 aromatic rings. The molecule has 28 heavy (non-hydrogen) atoms. The zero-order valence-corrected chi connectivity index (χ0v) is 16.1. The number of quaternary nitrogens is 2. The van der Waals surface area contributed by atoms with Crippen molar-refractivity contribution < 1.29 is 24.5 Å². The first kappa shape index (κ1) is 20.0. The van der Waals surface area contributed by atoms with E-state index in [2.05, 4.69) is 17.9 Å². The number of benzene rings is 2. The number of piperazine rings is 1. The van der Waals surface area contributed by atoms with Crippen LogP contribution in [0.5, 0.6) is 0 Å². The average Bonchev–Trinajstić information content (AvgIpc) is 2.74. The Hall–Kier alpha value is -2.74. The van der Waals surface area contributed by atoms with Crippen LogP contribution >= 0.6 is 0 Å². The lowest BCUT2D eigenvalue weighted by atomic mass is 9.85. The number of carbonyl (C=O) groups excluding carboxylic acids is 2. The minimum Gasteiger partial charge on any atom is -0.372 e. The van der Waals surface area contributed by atoms with Gasteiger partial charge in [-0.2, -0.15) is 0 Å². The summed E-state index contributed by atoms with van der Waals surface area (Å²) in [6.07, 6.45) is 0. The molecule has 0 aromatic heterocycles. The van der Waals surface area contributed by atoms with E-state index in [0.717, 1.165) is 26.2 Å². The third kappa shape index (κ3) is 4.56. The van der Waals surface area contributed by atoms with Gasteiger partial charge in [0.25, 0.3) is 11.8 Å². The van der Waals surface area contributed by atoms with E-state index in [9.17, 15) is 14.7 Å². The Morgan fingerprint density at radius 3 is 1.89 bits per heavy atom. The normalized spacial score (nSPS) is 19.6. The molecule has 2 aromatic carbocycles. The van der Waals surface area contributed by atoms with Gasteiger partial charge in [0.2, 0.25) is 0 Å². The lowest BCUT2D eigenvalue weighted by molar-refractivity contribution is -1.000. The second-order valence-corrected chi connectivity index (χ2v) is 7.33. The summed E-state index contributed by atoms with van der Waals surface area (Å²) in [6.45, 7) is 4.19. The van der Waals surface area contributed by atoms with Crippen molar-refractivity contribution in [2.24, 2.45) is 0 Å². The minimum atomic E-state index is -1.90. The number of aliphatic hydroxyl groups is 1. The molecule has 1 aliphatic heterocycles. The number of likely N-dealkylation sites (N-methyl/N-ethyl adjacent to an activating group) is 1. The van der Waals surface area contributed by atoms with Crippen molar-refractivity contribution in [2.75, 3.05) is 39.8 Å². The Labute approximate surface area is 164 Å². The Balaban J connectivity index is 1.68. The fourth-order valence-corrected chi connectivity index (χ4v) is 3.48. The van der Waals surface area contributed by atoms with Gasteiger partial charge in [0.15, 0.2) is 12.1 Å². The number of amides is 2. The van der Waals surface area contributed by atoms with Crippen molar-refractivity contribution >= 4 is 11.8 Å². The summed E-state index contributed by atoms with van der Waals surface area (Å²) in [5.41, 5.74) is 3.83. The molecule has 2 amide bonds. The van der Waals surface area contributed by atoms with Gasteiger partial charge in [0.1, 0.15) is 26.2 Å². The first-order valence-electron chi connectivity index (χ1n) is 9.57. The monoisotopic (exact) mass is 384 g/mol. The molecular formula is C21H28N4O3+2. The van der Waals surface area contributed by atoms with Crippen molar-refractivity contribution in [1.82, 2.24) is 10.9 Å². The SMILES string of the molecule is C[NH+]1CC[NH+](CC(=O)NNC(=O)C(O)(c2ccccc2)c2ccccc2)CC1. The zero-order valence-electron chi connectivity index (χ0n) is 16.1. The van der Waals surface area contributed by atoms with Crippen LogP contribution in [0.4, 0.5) is 0 Å². The summed E-state index contributed by atoms with van der Waals surface area (Å²) in [6, 6.07) is 17.4. The standard InChI is InChI=1S/C21H26N4O3/c1-24-12-14-25(15-13-24)16-19(26)22-23-20(27)21(28,17-8-4-2-5-9-17)18-10-6-3-7-11-18/h2-11,28H,12-16H2,1H3,(H,22,26)(H,23,27)/p+2. The Morgan fingerprint density at radius 2 is 1.39 bits per heavy atom. The number of hydrogen-bond donors (Lipinski definition) is 5. The first-order valence-corrected chi connectivity index (χ1v) is 9.57. The molecule has 7 nitrogen and oxygen atoms in total. The summed E-state index contributed by atoms with van der Waals surface area (Å²) >= 11 is 0. The highest BCUT2D eigenvalue weighted by atomic mass is 16.3. The third-order valence-corrected chi connectivity index (χ3v) is 5.25. The Kier molecular flexibility index (Phi) is 6.41. The second-order valence-electron chi connectivity index (χ2n) is 7.33. The van der Waals surface area contributed by atoms with E-state index >= 15 is 0 Å². The topological polar surface area (TPSA) is 87.3 Å². The van der Waals surface area contributed by atoms with Gasteiger partial charge in [0.05, 0.1) is 7.05 Å². The van der Waals surface area contributed by atoms with E-state index in [1.165, 1.54) is 9.80 Å². The van der Waals surface area contributed by atoms with Crippen molar-refractivity contribution in [3.63, 3.8) is 0 Å². The van der Waals surface area contributed by atoms with Crippen molar-refractivity contribution in [3.8, 4) is 0 Å². The van der Waals surface area contributed by atoms with Gasteiger partial charge in [-0.05, 0) is 11.1 Å². The van der Waals surface area contributed by atoms with Gasteiger partial charge in [-0.3, -0.25) is 20.4 Å². The van der Waals surface area contributed by atoms with Gasteiger partial charge in [-0.25, -0.2) is 0 Å². The van der Waals surface area contributed by atoms with Gasteiger partial charge < -0.3 is 14.9 Å². The lowest BCUT2D eigenvalue weighted by Crippen LogP contribution is -3.27. The molecule has 0 saturated carbocycles. The van der Waals surface area contributed by atoms with Crippen LogP contribution in [0.2, 0.25) is 0 Å². The second kappa shape index (κ2) is 8.97. The summed E-state index contributed by atoms with van der Waals surface area (Å²) < 4.78 is 0. The Morgan fingerprint density at radius 1 is 0.893 bits per heavy atom. The molecule has 0 atom stereocenters. The number of nitrogens with one attached hydrogen (secondary N) is 4. The van der Waals surface area contributed by atoms with E-state index in [4.69, 9.17) is 0 Å². The highest BCUT2D eigenvalue weighted by molar-refractivity contribution is 5.91. The van der Waals surface area contributed by atoms with Crippen molar-refractivity contribution in [1.29, 1.82) is 0 Å². The van der Waals surface area contributed by atoms with E-state index in [-0.39, 0.29) is 5.91 Å². The fraction of sp³-hybridized carbons (Fsp3) is 0.333. The van der Waals surface area contributed by atoms with E-state index in [0.29, 0.717) is 17.7 Å². The van der Waals surface area contributed by atoms with Gasteiger partial charge in [0, 0.05) is 0 Å². The van der Waals surface area contributed by atoms with Crippen molar-refractivity contribution in [2.45, 2.75) is 5.60 Å². The summed E-state index contributed by atoms with van der Waals surface area (Å²) in [7, 11) is 2.14. The zero-order chi connectivity index (χ0) is 20.0. The van der Waals surface area contributed by atoms with Crippen LogP contribution in [0.25, 0.3) is 0 Å². The predicted molar refractivity (Wildman–Crippen MR) is 104 cm³/mol. The smallest absolute Gasteiger partial charge is 0.293 e. The molecule has 1 fully saturated rings. The summed E-state index contributed by atoms with van der Waals surface area (Å²) in [5.74, 6) is -0.970. The third-order valence-electron chi connectivity index (χ3n) is 5.25. The van der Waals surface area contributed by atoms with Gasteiger partial charge in [-0.1, -0.05) is 60.7 Å². The number of carbonyl (C=O) groups is 2. The molecule has 0 aliphatic carbocycles. The minimum absolute atomic E-state index is 0.272. The number of hydrazine groups is 1. The van der Waals surface area contributed by atoms with E-state index in [1.807, 2.05) is 12.1 Å². The molecule has 0 bridgehead atoms. The number of hydrogen-bond acceptors (Lipinski definition) is 3. The van der Waals surface area contributed by atoms with Crippen LogP contribution in [-0.4, -0.2) is 56.7 Å². The maximum atomic E-state index is 12.9.